The van der Waals surface area contributed by atoms with Crippen molar-refractivity contribution in [2.45, 2.75) is 18.0 Å². The Balaban J connectivity index is 1.51. The van der Waals surface area contributed by atoms with Gasteiger partial charge < -0.3 is 9.88 Å². The van der Waals surface area contributed by atoms with Crippen LogP contribution in [0.1, 0.15) is 11.4 Å². The van der Waals surface area contributed by atoms with E-state index < -0.39 is 0 Å². The van der Waals surface area contributed by atoms with Crippen molar-refractivity contribution in [1.29, 1.82) is 0 Å². The molecule has 0 saturated carbocycles. The van der Waals surface area contributed by atoms with Gasteiger partial charge >= 0.3 is 0 Å². The van der Waals surface area contributed by atoms with Gasteiger partial charge in [-0.3, -0.25) is 4.79 Å². The van der Waals surface area contributed by atoms with Crippen molar-refractivity contribution >= 4 is 35.1 Å². The van der Waals surface area contributed by atoms with E-state index in [2.05, 4.69) is 32.6 Å². The maximum absolute atomic E-state index is 12.0. The molecule has 0 aliphatic rings. The summed E-state index contributed by atoms with van der Waals surface area (Å²) >= 11 is 7.12. The molecule has 1 aromatic carbocycles. The molecular formula is C18H18ClN5OS. The fourth-order valence-electron chi connectivity index (χ4n) is 2.35. The van der Waals surface area contributed by atoms with Crippen molar-refractivity contribution in [3.8, 4) is 0 Å². The molecule has 6 nitrogen and oxygen atoms in total. The van der Waals surface area contributed by atoms with Crippen LogP contribution in [0.25, 0.3) is 0 Å². The molecule has 26 heavy (non-hydrogen) atoms. The van der Waals surface area contributed by atoms with Crippen molar-refractivity contribution < 1.29 is 4.79 Å². The molecule has 0 atom stereocenters. The maximum atomic E-state index is 12.0. The lowest BCUT2D eigenvalue weighted by Crippen LogP contribution is -2.15. The van der Waals surface area contributed by atoms with Crippen LogP contribution in [0.3, 0.4) is 0 Å². The molecule has 3 aromatic rings. The molecule has 0 unspecified atom stereocenters. The first-order valence-corrected chi connectivity index (χ1v) is 9.44. The number of anilines is 1. The van der Waals surface area contributed by atoms with Gasteiger partial charge in [-0.2, -0.15) is 0 Å². The zero-order valence-electron chi connectivity index (χ0n) is 14.2. The van der Waals surface area contributed by atoms with Gasteiger partial charge in [0.2, 0.25) is 5.91 Å². The average Bonchev–Trinajstić information content (AvgIpc) is 3.01. The number of carbonyl (C=O) groups excluding carboxylic acids is 1. The molecule has 1 N–H and O–H groups in total. The van der Waals surface area contributed by atoms with E-state index in [0.29, 0.717) is 16.0 Å². The van der Waals surface area contributed by atoms with Crippen LogP contribution in [0.15, 0.2) is 53.8 Å². The minimum absolute atomic E-state index is 0.154. The maximum Gasteiger partial charge on any atom is 0.236 e. The minimum Gasteiger partial charge on any atom is -0.310 e. The van der Waals surface area contributed by atoms with Crippen LogP contribution >= 0.6 is 23.4 Å². The standard InChI is InChI=1S/C18H18ClN5OS/c1-24-16(10-7-13-5-3-2-4-6-13)22-23-18(24)26-12-17(25)21-15-9-8-14(19)11-20-15/h2-6,8-9,11H,7,10,12H2,1H3,(H,20,21,25). The molecule has 0 fully saturated rings. The number of hydrogen-bond donors (Lipinski definition) is 1. The van der Waals surface area contributed by atoms with Crippen LogP contribution in [-0.4, -0.2) is 31.4 Å². The number of benzene rings is 1. The second-order valence-electron chi connectivity index (χ2n) is 5.64. The Morgan fingerprint density at radius 2 is 1.96 bits per heavy atom. The summed E-state index contributed by atoms with van der Waals surface area (Å²) in [4.78, 5) is 16.1. The molecule has 0 saturated heterocycles. The lowest BCUT2D eigenvalue weighted by atomic mass is 10.1. The van der Waals surface area contributed by atoms with E-state index in [1.165, 1.54) is 23.5 Å². The molecule has 0 radical (unpaired) electrons. The van der Waals surface area contributed by atoms with Gasteiger partial charge in [-0.1, -0.05) is 53.7 Å². The van der Waals surface area contributed by atoms with Gasteiger partial charge in [-0.15, -0.1) is 10.2 Å². The molecule has 134 valence electrons. The summed E-state index contributed by atoms with van der Waals surface area (Å²) in [5.74, 6) is 1.45. The van der Waals surface area contributed by atoms with E-state index in [0.717, 1.165) is 18.7 Å². The molecule has 0 spiro atoms. The third-order valence-electron chi connectivity index (χ3n) is 3.73. The smallest absolute Gasteiger partial charge is 0.236 e. The molecule has 0 bridgehead atoms. The average molecular weight is 388 g/mol. The van der Waals surface area contributed by atoms with Crippen molar-refractivity contribution in [1.82, 2.24) is 19.7 Å². The molecule has 3 rings (SSSR count). The SMILES string of the molecule is Cn1c(CCc2ccccc2)nnc1SCC(=O)Nc1ccc(Cl)cn1. The number of halogens is 1. The normalized spacial score (nSPS) is 10.7. The number of aromatic nitrogens is 4. The summed E-state index contributed by atoms with van der Waals surface area (Å²) in [5.41, 5.74) is 1.26. The second-order valence-corrected chi connectivity index (χ2v) is 7.02. The van der Waals surface area contributed by atoms with Crippen LogP contribution in [0.2, 0.25) is 5.02 Å². The molecular weight excluding hydrogens is 370 g/mol. The van der Waals surface area contributed by atoms with Crippen molar-refractivity contribution in [2.24, 2.45) is 7.05 Å². The van der Waals surface area contributed by atoms with Crippen molar-refractivity contribution in [3.63, 3.8) is 0 Å². The molecule has 0 aliphatic carbocycles. The molecule has 1 amide bonds. The number of thioether (sulfide) groups is 1. The van der Waals surface area contributed by atoms with E-state index in [1.54, 1.807) is 12.1 Å². The Kier molecular flexibility index (Phi) is 6.25. The van der Waals surface area contributed by atoms with Crippen LogP contribution in [0.4, 0.5) is 5.82 Å². The first kappa shape index (κ1) is 18.4. The van der Waals surface area contributed by atoms with Gasteiger partial charge in [-0.05, 0) is 24.1 Å². The van der Waals surface area contributed by atoms with Gasteiger partial charge in [0.25, 0.3) is 0 Å². The highest BCUT2D eigenvalue weighted by atomic mass is 35.5. The lowest BCUT2D eigenvalue weighted by molar-refractivity contribution is -0.113. The van der Waals surface area contributed by atoms with E-state index >= 15 is 0 Å². The van der Waals surface area contributed by atoms with Crippen molar-refractivity contribution in [2.75, 3.05) is 11.1 Å². The van der Waals surface area contributed by atoms with Gasteiger partial charge in [0.05, 0.1) is 10.8 Å². The Labute approximate surface area is 161 Å². The second kappa shape index (κ2) is 8.82. The van der Waals surface area contributed by atoms with E-state index in [-0.39, 0.29) is 11.7 Å². The monoisotopic (exact) mass is 387 g/mol. The molecule has 2 heterocycles. The summed E-state index contributed by atoms with van der Waals surface area (Å²) in [6.45, 7) is 0. The summed E-state index contributed by atoms with van der Waals surface area (Å²) in [6, 6.07) is 13.6. The Morgan fingerprint density at radius 3 is 2.69 bits per heavy atom. The number of nitrogens with zero attached hydrogens (tertiary/aromatic N) is 4. The van der Waals surface area contributed by atoms with Gasteiger partial charge in [-0.25, -0.2) is 4.98 Å². The molecule has 2 aromatic heterocycles. The zero-order valence-corrected chi connectivity index (χ0v) is 15.8. The van der Waals surface area contributed by atoms with Crippen LogP contribution in [0, 0.1) is 0 Å². The minimum atomic E-state index is -0.154. The molecule has 8 heteroatoms. The number of carbonyl (C=O) groups is 1. The summed E-state index contributed by atoms with van der Waals surface area (Å²) in [7, 11) is 1.92. The first-order valence-electron chi connectivity index (χ1n) is 8.08. The van der Waals surface area contributed by atoms with Crippen LogP contribution in [0.5, 0.6) is 0 Å². The summed E-state index contributed by atoms with van der Waals surface area (Å²) in [6.07, 6.45) is 3.20. The highest BCUT2D eigenvalue weighted by Crippen LogP contribution is 2.17. The first-order chi connectivity index (χ1) is 12.6. The zero-order chi connectivity index (χ0) is 18.4. The van der Waals surface area contributed by atoms with Gasteiger partial charge in [0.1, 0.15) is 11.6 Å². The highest BCUT2D eigenvalue weighted by molar-refractivity contribution is 7.99. The van der Waals surface area contributed by atoms with Gasteiger partial charge in [0.15, 0.2) is 5.16 Å². The number of rotatable bonds is 7. The van der Waals surface area contributed by atoms with E-state index in [4.69, 9.17) is 11.6 Å². The van der Waals surface area contributed by atoms with Crippen LogP contribution in [-0.2, 0) is 24.7 Å². The fourth-order valence-corrected chi connectivity index (χ4v) is 3.19. The Hall–Kier alpha value is -2.38. The number of pyridine rings is 1. The third kappa shape index (κ3) is 5.06. The largest absolute Gasteiger partial charge is 0.310 e. The fraction of sp³-hybridized carbons (Fsp3) is 0.222. The highest BCUT2D eigenvalue weighted by Gasteiger charge is 2.12. The predicted octanol–water partition coefficient (Wildman–Crippen LogP) is 3.38. The quantitative estimate of drug-likeness (QED) is 0.629. The topological polar surface area (TPSA) is 72.7 Å². The Bertz CT molecular complexity index is 867. The number of hydrogen-bond acceptors (Lipinski definition) is 5. The summed E-state index contributed by atoms with van der Waals surface area (Å²) < 4.78 is 1.93. The van der Waals surface area contributed by atoms with E-state index in [9.17, 15) is 4.79 Å². The van der Waals surface area contributed by atoms with Crippen molar-refractivity contribution in [3.05, 3.63) is 65.1 Å². The van der Waals surface area contributed by atoms with E-state index in [1.807, 2.05) is 29.8 Å². The Morgan fingerprint density at radius 1 is 1.15 bits per heavy atom. The lowest BCUT2D eigenvalue weighted by Gasteiger charge is -2.05. The predicted molar refractivity (Wildman–Crippen MR) is 103 cm³/mol. The summed E-state index contributed by atoms with van der Waals surface area (Å²) in [5, 5.41) is 12.4. The van der Waals surface area contributed by atoms with Crippen LogP contribution < -0.4 is 5.32 Å². The molecule has 0 aliphatic heterocycles. The third-order valence-corrected chi connectivity index (χ3v) is 4.98. The van der Waals surface area contributed by atoms with Gasteiger partial charge in [0, 0.05) is 19.7 Å². The number of nitrogens with one attached hydrogen (secondary N) is 1. The number of aryl methyl sites for hydroxylation is 2. The number of amides is 1.